The Morgan fingerprint density at radius 2 is 1.32 bits per heavy atom. The second-order valence-electron chi connectivity index (χ2n) is 4.86. The molecule has 0 unspecified atom stereocenters. The maximum absolute atomic E-state index is 11.2. The smallest absolute Gasteiger partial charge is 0.545 e. The van der Waals surface area contributed by atoms with Crippen LogP contribution in [0.4, 0.5) is 11.4 Å². The average molecular weight is 473 g/mol. The predicted molar refractivity (Wildman–Crippen MR) is 111 cm³/mol. The van der Waals surface area contributed by atoms with Gasteiger partial charge in [0.1, 0.15) is 6.61 Å². The number of carbonyl (C=O) groups excluding carboxylic acids is 2. The molecule has 2 aromatic carbocycles. The summed E-state index contributed by atoms with van der Waals surface area (Å²) in [5.41, 5.74) is 12.6. The molecule has 2 aromatic rings. The Morgan fingerprint density at radius 1 is 0.929 bits per heavy atom. The number of nitrogens with two attached hydrogens (primary N) is 2. The maximum Gasteiger partial charge on any atom is 1.00 e. The van der Waals surface area contributed by atoms with Crippen molar-refractivity contribution in [3.63, 3.8) is 0 Å². The predicted octanol–water partition coefficient (Wildman–Crippen LogP) is -0.185. The van der Waals surface area contributed by atoms with Crippen molar-refractivity contribution in [3.05, 3.63) is 85.0 Å². The van der Waals surface area contributed by atoms with Crippen LogP contribution in [0.5, 0.6) is 0 Å². The Labute approximate surface area is 216 Å². The fraction of sp³-hybridized carbons (Fsp3) is 0.100. The van der Waals surface area contributed by atoms with Gasteiger partial charge in [0.15, 0.2) is 0 Å². The normalized spacial score (nSPS) is 8.46. The second-order valence-corrected chi connectivity index (χ2v) is 5.51. The van der Waals surface area contributed by atoms with Gasteiger partial charge < -0.3 is 26.1 Å². The molecule has 0 heterocycles. The molecule has 0 aliphatic heterocycles. The Balaban J connectivity index is 0. The van der Waals surface area contributed by atoms with E-state index in [4.69, 9.17) is 16.2 Å². The van der Waals surface area contributed by atoms with Gasteiger partial charge in [0.2, 0.25) is 0 Å². The largest absolute Gasteiger partial charge is 1.00 e. The van der Waals surface area contributed by atoms with Gasteiger partial charge in [-0.05, 0) is 42.0 Å². The van der Waals surface area contributed by atoms with Crippen molar-refractivity contribution in [2.45, 2.75) is 0 Å². The summed E-state index contributed by atoms with van der Waals surface area (Å²) in [6.45, 7) is 7.10. The number of aromatic carboxylic acids is 1. The number of allylic oxidation sites excluding steroid dienone is 1. The van der Waals surface area contributed by atoms with Gasteiger partial charge in [-0.2, -0.15) is 0 Å². The fourth-order valence-electron chi connectivity index (χ4n) is 1.46. The molecule has 0 radical (unpaired) electrons. The van der Waals surface area contributed by atoms with Gasteiger partial charge in [-0.3, -0.25) is 0 Å². The minimum atomic E-state index is -1.18. The van der Waals surface area contributed by atoms with Crippen LogP contribution in [-0.2, 0) is 4.74 Å². The number of ether oxygens (including phenoxy) is 1. The summed E-state index contributed by atoms with van der Waals surface area (Å²) in [5.74, 6) is -1.54. The Bertz CT molecular complexity index is 735. The van der Waals surface area contributed by atoms with Gasteiger partial charge in [-0.15, -0.1) is 6.58 Å². The quantitative estimate of drug-likeness (QED) is 0.205. The Hall–Kier alpha value is -1.42. The summed E-state index contributed by atoms with van der Waals surface area (Å²) in [5, 5.41) is 11.1. The average Bonchev–Trinajstić information content (AvgIpc) is 2.67. The third-order valence-electron chi connectivity index (χ3n) is 2.73. The van der Waals surface area contributed by atoms with E-state index in [0.29, 0.717) is 16.9 Å². The molecule has 2 rings (SSSR count). The number of hydrogen-bond donors (Lipinski definition) is 2. The van der Waals surface area contributed by atoms with E-state index in [-0.39, 0.29) is 69.5 Å². The molecule has 0 spiro atoms. The van der Waals surface area contributed by atoms with Crippen LogP contribution in [0.1, 0.15) is 20.7 Å². The van der Waals surface area contributed by atoms with Crippen LogP contribution in [-0.4, -0.2) is 23.9 Å². The van der Waals surface area contributed by atoms with E-state index in [0.717, 1.165) is 5.33 Å². The molecule has 0 fully saturated rings. The van der Waals surface area contributed by atoms with Crippen molar-refractivity contribution in [2.24, 2.45) is 0 Å². The SMILES string of the molecule is C=CCBr.C=CCOC(=O)c1ccc(N)cc1.Nc1ccc(C(=O)[O-])cc1.[K+]. The molecule has 0 amide bonds. The molecule has 0 bridgehead atoms. The third-order valence-corrected chi connectivity index (χ3v) is 3.19. The van der Waals surface area contributed by atoms with Crippen LogP contribution in [0.3, 0.4) is 0 Å². The molecule has 28 heavy (non-hydrogen) atoms. The summed E-state index contributed by atoms with van der Waals surface area (Å²) in [4.78, 5) is 21.4. The first-order valence-corrected chi connectivity index (χ1v) is 8.85. The van der Waals surface area contributed by atoms with E-state index in [1.807, 2.05) is 0 Å². The minimum Gasteiger partial charge on any atom is -0.545 e. The number of anilines is 2. The minimum absolute atomic E-state index is 0. The molecule has 0 aliphatic carbocycles. The van der Waals surface area contributed by atoms with E-state index in [2.05, 4.69) is 29.1 Å². The molecule has 0 aliphatic rings. The number of hydrogen-bond acceptors (Lipinski definition) is 6. The topological polar surface area (TPSA) is 118 Å². The van der Waals surface area contributed by atoms with E-state index in [1.165, 1.54) is 30.3 Å². The van der Waals surface area contributed by atoms with Gasteiger partial charge in [-0.25, -0.2) is 4.79 Å². The molecular weight excluding hydrogens is 451 g/mol. The first kappa shape index (κ1) is 28.8. The zero-order valence-corrected chi connectivity index (χ0v) is 20.5. The number of carbonyl (C=O) groups is 2. The van der Waals surface area contributed by atoms with Gasteiger partial charge in [-0.1, -0.05) is 46.8 Å². The number of rotatable bonds is 5. The molecule has 0 saturated heterocycles. The van der Waals surface area contributed by atoms with E-state index >= 15 is 0 Å². The Morgan fingerprint density at radius 3 is 1.64 bits per heavy atom. The van der Waals surface area contributed by atoms with Crippen LogP contribution >= 0.6 is 15.9 Å². The molecule has 0 atom stereocenters. The summed E-state index contributed by atoms with van der Waals surface area (Å²) < 4.78 is 4.82. The van der Waals surface area contributed by atoms with Crippen LogP contribution in [0, 0.1) is 0 Å². The van der Waals surface area contributed by atoms with Crippen molar-refractivity contribution in [2.75, 3.05) is 23.4 Å². The van der Waals surface area contributed by atoms with E-state index < -0.39 is 5.97 Å². The fourth-order valence-corrected chi connectivity index (χ4v) is 1.46. The molecule has 8 heteroatoms. The van der Waals surface area contributed by atoms with Crippen molar-refractivity contribution < 1.29 is 70.8 Å². The molecule has 0 aromatic heterocycles. The van der Waals surface area contributed by atoms with Crippen LogP contribution in [0.25, 0.3) is 0 Å². The summed E-state index contributed by atoms with van der Waals surface area (Å²) >= 11 is 3.13. The molecular formula is C20H22BrKN2O4. The standard InChI is InChI=1S/C10H11NO2.C7H7NO2.C3H5Br.K/c1-2-7-13-10(12)8-3-5-9(11)6-4-8;8-6-3-1-5(2-4-6)7(9)10;1-2-3-4;/h2-6H,1,7,11H2;1-4H,8H2,(H,9,10);2H,1,3H2;/q;;;+1/p-1. The summed E-state index contributed by atoms with van der Waals surface area (Å²) in [6, 6.07) is 12.4. The van der Waals surface area contributed by atoms with Crippen LogP contribution < -0.4 is 68.0 Å². The zero-order chi connectivity index (χ0) is 20.7. The van der Waals surface area contributed by atoms with Gasteiger partial charge in [0.05, 0.1) is 11.5 Å². The number of alkyl halides is 1. The number of carboxylic acid groups (broad SMARTS) is 1. The Kier molecular flexibility index (Phi) is 18.2. The van der Waals surface area contributed by atoms with Crippen molar-refractivity contribution in [1.82, 2.24) is 0 Å². The summed E-state index contributed by atoms with van der Waals surface area (Å²) in [7, 11) is 0. The van der Waals surface area contributed by atoms with E-state index in [1.54, 1.807) is 30.3 Å². The molecule has 6 nitrogen and oxygen atoms in total. The van der Waals surface area contributed by atoms with Crippen molar-refractivity contribution in [1.29, 1.82) is 0 Å². The van der Waals surface area contributed by atoms with Crippen LogP contribution in [0.15, 0.2) is 73.8 Å². The second kappa shape index (κ2) is 17.7. The van der Waals surface area contributed by atoms with Gasteiger partial charge in [0, 0.05) is 16.7 Å². The number of benzene rings is 2. The number of nitrogen functional groups attached to an aromatic ring is 2. The van der Waals surface area contributed by atoms with E-state index in [9.17, 15) is 14.7 Å². The monoisotopic (exact) mass is 472 g/mol. The first-order chi connectivity index (χ1) is 12.8. The van der Waals surface area contributed by atoms with Crippen molar-refractivity contribution >= 4 is 39.2 Å². The molecule has 4 N–H and O–H groups in total. The molecule has 144 valence electrons. The third kappa shape index (κ3) is 13.7. The van der Waals surface area contributed by atoms with Crippen LogP contribution in [0.2, 0.25) is 0 Å². The number of carboxylic acids is 1. The van der Waals surface area contributed by atoms with Gasteiger partial charge >= 0.3 is 57.4 Å². The number of halogens is 1. The van der Waals surface area contributed by atoms with Gasteiger partial charge in [0.25, 0.3) is 0 Å². The number of esters is 1. The van der Waals surface area contributed by atoms with Crippen molar-refractivity contribution in [3.8, 4) is 0 Å². The summed E-state index contributed by atoms with van der Waals surface area (Å²) in [6.07, 6.45) is 3.31. The zero-order valence-electron chi connectivity index (χ0n) is 15.8. The first-order valence-electron chi connectivity index (χ1n) is 7.73. The maximum atomic E-state index is 11.2. The molecule has 0 saturated carbocycles.